The number of phenolic OH excluding ortho intramolecular Hbond substituents is 3. The molecule has 9 atom stereocenters. The molecule has 0 spiro atoms. The number of hydrogen-bond donors (Lipinski definition) is 9. The number of aromatic hydroxyl groups is 3. The van der Waals surface area contributed by atoms with Crippen molar-refractivity contribution in [2.75, 3.05) is 13.2 Å². The van der Waals surface area contributed by atoms with Crippen molar-refractivity contribution in [1.29, 1.82) is 0 Å². The van der Waals surface area contributed by atoms with Crippen LogP contribution in [0.5, 0.6) is 23.0 Å². The summed E-state index contributed by atoms with van der Waals surface area (Å²) in [6, 6.07) is 8.23. The molecule has 2 fully saturated rings. The van der Waals surface area contributed by atoms with Crippen LogP contribution < -0.4 is 4.74 Å². The van der Waals surface area contributed by atoms with E-state index in [1.165, 1.54) is 30.3 Å². The van der Waals surface area contributed by atoms with Gasteiger partial charge in [0.25, 0.3) is 0 Å². The number of allylic oxidation sites excluding steroid dienone is 1. The Bertz CT molecular complexity index is 1230. The van der Waals surface area contributed by atoms with Crippen molar-refractivity contribution in [3.05, 3.63) is 53.3 Å². The van der Waals surface area contributed by atoms with Crippen LogP contribution in [0.2, 0.25) is 0 Å². The Hall–Kier alpha value is -3.18. The van der Waals surface area contributed by atoms with Gasteiger partial charge in [0.2, 0.25) is 6.29 Å². The highest BCUT2D eigenvalue weighted by molar-refractivity contribution is 5.69. The van der Waals surface area contributed by atoms with Crippen LogP contribution in [0.1, 0.15) is 11.1 Å². The number of aliphatic hydroxyl groups excluding tert-OH is 6. The minimum absolute atomic E-state index is 0.0244. The molecule has 0 radical (unpaired) electrons. The van der Waals surface area contributed by atoms with Crippen molar-refractivity contribution < 1.29 is 69.6 Å². The van der Waals surface area contributed by atoms with Crippen molar-refractivity contribution in [2.24, 2.45) is 0 Å². The second-order valence-corrected chi connectivity index (χ2v) is 9.70. The summed E-state index contributed by atoms with van der Waals surface area (Å²) in [5, 5.41) is 91.4. The average Bonchev–Trinajstić information content (AvgIpc) is 2.93. The van der Waals surface area contributed by atoms with E-state index in [-0.39, 0.29) is 46.5 Å². The molecule has 3 aliphatic heterocycles. The third-order valence-corrected chi connectivity index (χ3v) is 6.93. The topological polar surface area (TPSA) is 228 Å². The zero-order chi connectivity index (χ0) is 28.7. The van der Waals surface area contributed by atoms with Gasteiger partial charge in [-0.2, -0.15) is 0 Å². The van der Waals surface area contributed by atoms with E-state index < -0.39 is 68.5 Å². The van der Waals surface area contributed by atoms with E-state index in [9.17, 15) is 46.0 Å². The maximum absolute atomic E-state index is 10.9. The number of ether oxygens (including phenoxy) is 5. The first-order chi connectivity index (χ1) is 19.1. The standard InChI is InChI=1S/C26H30O14/c27-8-18-20(33)21(34)24(40-25-22(35)19(32)15(31)9-36-25)26(39-18)38-17-7-13-14(30)5-12(29)6-16(13)37-23(17)10-1-3-11(28)4-2-10/h1-6,15,18-22,24-35H,7-9H2/t15-,18-,19+,20-,21+,22+,24-,25+,26-/m1/s1. The van der Waals surface area contributed by atoms with Crippen LogP contribution in [0.4, 0.5) is 0 Å². The Kier molecular flexibility index (Phi) is 8.05. The molecule has 2 aromatic rings. The Labute approximate surface area is 227 Å². The highest BCUT2D eigenvalue weighted by Gasteiger charge is 2.50. The molecule has 0 amide bonds. The van der Waals surface area contributed by atoms with E-state index in [2.05, 4.69) is 0 Å². The van der Waals surface area contributed by atoms with Crippen molar-refractivity contribution in [3.8, 4) is 23.0 Å². The molecule has 0 unspecified atom stereocenters. The molecule has 0 aliphatic carbocycles. The molecule has 14 nitrogen and oxygen atoms in total. The quantitative estimate of drug-likeness (QED) is 0.192. The highest BCUT2D eigenvalue weighted by atomic mass is 16.8. The van der Waals surface area contributed by atoms with Gasteiger partial charge in [0.1, 0.15) is 65.4 Å². The molecule has 0 aromatic heterocycles. The van der Waals surface area contributed by atoms with Crippen LogP contribution in [0, 0.1) is 0 Å². The lowest BCUT2D eigenvalue weighted by Crippen LogP contribution is -2.63. The summed E-state index contributed by atoms with van der Waals surface area (Å²) in [6.45, 7) is -1.10. The summed E-state index contributed by atoms with van der Waals surface area (Å²) in [6.07, 6.45) is -14.3. The van der Waals surface area contributed by atoms with Crippen molar-refractivity contribution in [2.45, 2.75) is 61.7 Å². The number of fused-ring (bicyclic) bond motifs is 1. The van der Waals surface area contributed by atoms with Crippen molar-refractivity contribution in [3.63, 3.8) is 0 Å². The third-order valence-electron chi connectivity index (χ3n) is 6.93. The molecule has 0 bridgehead atoms. The van der Waals surface area contributed by atoms with Crippen LogP contribution in [0.3, 0.4) is 0 Å². The Balaban J connectivity index is 1.50. The zero-order valence-corrected chi connectivity index (χ0v) is 20.8. The van der Waals surface area contributed by atoms with Gasteiger partial charge in [0.05, 0.1) is 13.2 Å². The fourth-order valence-corrected chi connectivity index (χ4v) is 4.71. The van der Waals surface area contributed by atoms with E-state index in [0.717, 1.165) is 6.07 Å². The maximum atomic E-state index is 10.9. The molecule has 3 aliphatic rings. The first-order valence-electron chi connectivity index (χ1n) is 12.4. The van der Waals surface area contributed by atoms with Gasteiger partial charge < -0.3 is 69.6 Å². The largest absolute Gasteiger partial charge is 0.508 e. The Morgan fingerprint density at radius 3 is 2.25 bits per heavy atom. The molecule has 2 saturated heterocycles. The monoisotopic (exact) mass is 566 g/mol. The van der Waals surface area contributed by atoms with E-state index in [1.54, 1.807) is 0 Å². The van der Waals surface area contributed by atoms with Gasteiger partial charge in [-0.05, 0) is 24.3 Å². The molecule has 2 aromatic carbocycles. The van der Waals surface area contributed by atoms with Gasteiger partial charge in [-0.25, -0.2) is 0 Å². The summed E-state index contributed by atoms with van der Waals surface area (Å²) >= 11 is 0. The fourth-order valence-electron chi connectivity index (χ4n) is 4.71. The van der Waals surface area contributed by atoms with E-state index in [1.807, 2.05) is 0 Å². The minimum Gasteiger partial charge on any atom is -0.508 e. The molecule has 218 valence electrons. The highest BCUT2D eigenvalue weighted by Crippen LogP contribution is 2.43. The summed E-state index contributed by atoms with van der Waals surface area (Å²) in [4.78, 5) is 0. The van der Waals surface area contributed by atoms with E-state index in [0.29, 0.717) is 5.56 Å². The summed E-state index contributed by atoms with van der Waals surface area (Å²) in [5.41, 5.74) is 0.656. The van der Waals surface area contributed by atoms with Crippen LogP contribution in [0.25, 0.3) is 5.76 Å². The number of hydrogen-bond acceptors (Lipinski definition) is 14. The molecule has 14 heteroatoms. The van der Waals surface area contributed by atoms with Gasteiger partial charge in [-0.15, -0.1) is 0 Å². The third kappa shape index (κ3) is 5.41. The summed E-state index contributed by atoms with van der Waals surface area (Å²) in [5.74, 6) is -0.319. The lowest BCUT2D eigenvalue weighted by atomic mass is 9.98. The lowest BCUT2D eigenvalue weighted by Gasteiger charge is -2.45. The molecule has 0 saturated carbocycles. The van der Waals surface area contributed by atoms with Crippen molar-refractivity contribution in [1.82, 2.24) is 0 Å². The Morgan fingerprint density at radius 1 is 0.825 bits per heavy atom. The van der Waals surface area contributed by atoms with Crippen LogP contribution in [-0.2, 0) is 25.4 Å². The molecular weight excluding hydrogens is 536 g/mol. The normalized spacial score (nSPS) is 34.2. The molecular formula is C26H30O14. The zero-order valence-electron chi connectivity index (χ0n) is 20.8. The summed E-state index contributed by atoms with van der Waals surface area (Å²) in [7, 11) is 0. The van der Waals surface area contributed by atoms with Crippen LogP contribution >= 0.6 is 0 Å². The number of aliphatic hydroxyl groups is 6. The van der Waals surface area contributed by atoms with E-state index >= 15 is 0 Å². The number of phenols is 3. The SMILES string of the molecule is OC[C@H]1O[C@@H](OC2=C(c3ccc(O)cc3)Oc3cc(O)cc(O)c3C2)[C@H](O[C@@H]2OC[C@@H](O)[C@H](O)[C@@H]2O)[C@@H](O)[C@@H]1O. The van der Waals surface area contributed by atoms with Crippen molar-refractivity contribution >= 4 is 5.76 Å². The van der Waals surface area contributed by atoms with E-state index in [4.69, 9.17) is 23.7 Å². The van der Waals surface area contributed by atoms with Gasteiger partial charge in [-0.1, -0.05) is 0 Å². The van der Waals surface area contributed by atoms with Gasteiger partial charge in [0.15, 0.2) is 18.2 Å². The number of rotatable bonds is 6. The summed E-state index contributed by atoms with van der Waals surface area (Å²) < 4.78 is 28.8. The predicted octanol–water partition coefficient (Wildman–Crippen LogP) is -1.61. The first kappa shape index (κ1) is 28.4. The van der Waals surface area contributed by atoms with Crippen LogP contribution in [-0.4, -0.2) is 114 Å². The van der Waals surface area contributed by atoms with Gasteiger partial charge in [0, 0.05) is 29.7 Å². The fraction of sp³-hybridized carbons (Fsp3) is 0.462. The molecule has 40 heavy (non-hydrogen) atoms. The smallest absolute Gasteiger partial charge is 0.229 e. The molecule has 3 heterocycles. The van der Waals surface area contributed by atoms with Gasteiger partial charge >= 0.3 is 0 Å². The van der Waals surface area contributed by atoms with Crippen LogP contribution in [0.15, 0.2) is 42.2 Å². The number of benzene rings is 2. The first-order valence-corrected chi connectivity index (χ1v) is 12.4. The second kappa shape index (κ2) is 11.4. The molecule has 5 rings (SSSR count). The maximum Gasteiger partial charge on any atom is 0.229 e. The molecule has 9 N–H and O–H groups in total. The Morgan fingerprint density at radius 2 is 1.55 bits per heavy atom. The second-order valence-electron chi connectivity index (χ2n) is 9.70. The lowest BCUT2D eigenvalue weighted by molar-refractivity contribution is -0.352. The van der Waals surface area contributed by atoms with Gasteiger partial charge in [-0.3, -0.25) is 0 Å². The predicted molar refractivity (Wildman–Crippen MR) is 131 cm³/mol. The minimum atomic E-state index is -1.74. The average molecular weight is 567 g/mol.